The summed E-state index contributed by atoms with van der Waals surface area (Å²) in [5.41, 5.74) is 0.585. The second kappa shape index (κ2) is 4.24. The fourth-order valence-corrected chi connectivity index (χ4v) is 4.57. The van der Waals surface area contributed by atoms with E-state index in [4.69, 9.17) is 8.22 Å². The topological polar surface area (TPSA) is 8.29 Å². The van der Waals surface area contributed by atoms with E-state index in [1.807, 2.05) is 53.3 Å². The molecule has 0 N–H and O–H groups in total. The number of aromatic nitrogens is 2. The van der Waals surface area contributed by atoms with Gasteiger partial charge in [-0.1, -0.05) is 63.9 Å². The normalized spacial score (nSPS) is 22.4. The molecule has 0 saturated carbocycles. The number of nitrogens with zero attached hydrogens (tertiary/aromatic N) is 2. The minimum Gasteiger partial charge on any atom is -0.232 e. The Labute approximate surface area is 157 Å². The number of fused-ring (bicyclic) bond motifs is 3. The van der Waals surface area contributed by atoms with Gasteiger partial charge < -0.3 is 0 Å². The number of hydrogen-bond acceptors (Lipinski definition) is 0. The van der Waals surface area contributed by atoms with E-state index in [9.17, 15) is 0 Å². The summed E-state index contributed by atoms with van der Waals surface area (Å²) in [6, 6.07) is 12.0. The van der Waals surface area contributed by atoms with Crippen LogP contribution >= 0.6 is 0 Å². The summed E-state index contributed by atoms with van der Waals surface area (Å²) in [6.07, 6.45) is 1.72. The molecule has 2 nitrogen and oxygen atoms in total. The van der Waals surface area contributed by atoms with Crippen LogP contribution in [0.1, 0.15) is 52.6 Å². The van der Waals surface area contributed by atoms with E-state index >= 15 is 0 Å². The van der Waals surface area contributed by atoms with Gasteiger partial charge in [0.05, 0.1) is 12.4 Å². The van der Waals surface area contributed by atoms with Crippen LogP contribution in [-0.2, 0) is 17.9 Å². The van der Waals surface area contributed by atoms with Crippen molar-refractivity contribution in [3.05, 3.63) is 59.4 Å². The number of pyridine rings is 1. The molecule has 0 spiro atoms. The lowest BCUT2D eigenvalue weighted by Crippen LogP contribution is -2.44. The summed E-state index contributed by atoms with van der Waals surface area (Å²) in [5, 5.41) is 3.08. The zero-order valence-electron chi connectivity index (χ0n) is 20.9. The number of benzene rings is 2. The summed E-state index contributed by atoms with van der Waals surface area (Å²) < 4.78 is 55.1. The maximum Gasteiger partial charge on any atom is 0.295 e. The van der Waals surface area contributed by atoms with Crippen molar-refractivity contribution in [1.82, 2.24) is 4.40 Å². The van der Waals surface area contributed by atoms with Crippen LogP contribution in [0.4, 0.5) is 0 Å². The zero-order chi connectivity index (χ0) is 22.7. The van der Waals surface area contributed by atoms with Crippen molar-refractivity contribution in [2.45, 2.75) is 45.3 Å². The molecule has 2 heteroatoms. The second-order valence-corrected chi connectivity index (χ2v) is 7.86. The summed E-state index contributed by atoms with van der Waals surface area (Å²) in [4.78, 5) is 0. The predicted molar refractivity (Wildman–Crippen MR) is 104 cm³/mol. The molecule has 0 atom stereocenters. The van der Waals surface area contributed by atoms with E-state index in [1.165, 1.54) is 0 Å². The Balaban J connectivity index is 2.22. The van der Waals surface area contributed by atoms with Crippen molar-refractivity contribution in [2.24, 2.45) is 7.05 Å². The van der Waals surface area contributed by atoms with Crippen LogP contribution in [0.25, 0.3) is 27.3 Å². The summed E-state index contributed by atoms with van der Waals surface area (Å²) in [5.74, 6) is 0. The van der Waals surface area contributed by atoms with Gasteiger partial charge in [-0.15, -0.1) is 0 Å². The molecule has 5 rings (SSSR count). The summed E-state index contributed by atoms with van der Waals surface area (Å²) >= 11 is 0. The van der Waals surface area contributed by atoms with Gasteiger partial charge in [0.2, 0.25) is 0 Å². The van der Waals surface area contributed by atoms with Crippen molar-refractivity contribution < 1.29 is 12.8 Å². The van der Waals surface area contributed by atoms with E-state index in [0.29, 0.717) is 5.69 Å². The third kappa shape index (κ3) is 1.50. The molecule has 0 saturated heterocycles. The first-order chi connectivity index (χ1) is 14.3. The van der Waals surface area contributed by atoms with Gasteiger partial charge >= 0.3 is 0 Å². The molecule has 4 aromatic rings. The molecular weight excluding hydrogens is 304 g/mol. The number of imidazole rings is 1. The maximum absolute atomic E-state index is 8.55. The van der Waals surface area contributed by atoms with Crippen molar-refractivity contribution >= 4 is 27.3 Å². The number of rotatable bonds is 0. The lowest BCUT2D eigenvalue weighted by atomic mass is 9.61. The quantitative estimate of drug-likeness (QED) is 0.317. The molecule has 25 heavy (non-hydrogen) atoms. The SMILES string of the molecule is [2H]C([2H])([2H])C1(C([2H])([2H])[2H])c2c[n+](C)c3c4c(C)cccc4c4cccc(c4n23)C1(C)C. The molecule has 3 heterocycles. The molecule has 0 fully saturated rings. The van der Waals surface area contributed by atoms with Gasteiger partial charge in [0.1, 0.15) is 11.7 Å². The van der Waals surface area contributed by atoms with Gasteiger partial charge in [-0.3, -0.25) is 0 Å². The van der Waals surface area contributed by atoms with Crippen molar-refractivity contribution in [2.75, 3.05) is 0 Å². The maximum atomic E-state index is 8.55. The molecule has 0 aliphatic carbocycles. The molecular formula is C23H25N2+. The minimum atomic E-state index is -2.76. The first-order valence-corrected chi connectivity index (χ1v) is 8.63. The Morgan fingerprint density at radius 2 is 1.72 bits per heavy atom. The van der Waals surface area contributed by atoms with Gasteiger partial charge in [-0.05, 0) is 12.5 Å². The van der Waals surface area contributed by atoms with Gasteiger partial charge in [-0.25, -0.2) is 4.57 Å². The van der Waals surface area contributed by atoms with Crippen LogP contribution in [0.3, 0.4) is 0 Å². The fourth-order valence-electron chi connectivity index (χ4n) is 4.57. The first kappa shape index (κ1) is 9.96. The van der Waals surface area contributed by atoms with Crippen LogP contribution in [0, 0.1) is 6.92 Å². The molecule has 1 aliphatic rings. The fraction of sp³-hybridized carbons (Fsp3) is 0.348. The monoisotopic (exact) mass is 335 g/mol. The van der Waals surface area contributed by atoms with E-state index < -0.39 is 24.5 Å². The van der Waals surface area contributed by atoms with Crippen LogP contribution in [0.5, 0.6) is 0 Å². The Kier molecular flexibility index (Phi) is 1.69. The van der Waals surface area contributed by atoms with Crippen LogP contribution in [0.15, 0.2) is 42.6 Å². The van der Waals surface area contributed by atoms with Crippen molar-refractivity contribution in [3.63, 3.8) is 0 Å². The average Bonchev–Trinajstić information content (AvgIpc) is 2.96. The van der Waals surface area contributed by atoms with E-state index in [2.05, 4.69) is 6.07 Å². The van der Waals surface area contributed by atoms with Crippen LogP contribution in [0.2, 0.25) is 0 Å². The predicted octanol–water partition coefficient (Wildman–Crippen LogP) is 4.95. The van der Waals surface area contributed by atoms with Crippen molar-refractivity contribution in [3.8, 4) is 0 Å². The largest absolute Gasteiger partial charge is 0.295 e. The van der Waals surface area contributed by atoms with Crippen LogP contribution < -0.4 is 4.57 Å². The Bertz CT molecular complexity index is 1390. The van der Waals surface area contributed by atoms with Crippen LogP contribution in [-0.4, -0.2) is 4.40 Å². The molecule has 2 aromatic carbocycles. The Morgan fingerprint density at radius 1 is 1.00 bits per heavy atom. The van der Waals surface area contributed by atoms with Crippen molar-refractivity contribution in [1.29, 1.82) is 0 Å². The molecule has 0 bridgehead atoms. The van der Waals surface area contributed by atoms with E-state index in [0.717, 1.165) is 38.4 Å². The molecule has 0 amide bonds. The Hall–Kier alpha value is -2.35. The highest BCUT2D eigenvalue weighted by Crippen LogP contribution is 2.50. The lowest BCUT2D eigenvalue weighted by Gasteiger charge is -2.42. The Morgan fingerprint density at radius 3 is 2.48 bits per heavy atom. The first-order valence-electron chi connectivity index (χ1n) is 11.6. The average molecular weight is 336 g/mol. The number of para-hydroxylation sites is 1. The molecule has 1 aliphatic heterocycles. The highest BCUT2D eigenvalue weighted by atomic mass is 15.1. The highest BCUT2D eigenvalue weighted by molar-refractivity contribution is 6.13. The van der Waals surface area contributed by atoms with E-state index in [-0.39, 0.29) is 0 Å². The number of hydrogen-bond donors (Lipinski definition) is 0. The minimum absolute atomic E-state index is 0.323. The zero-order valence-corrected chi connectivity index (χ0v) is 14.9. The number of aryl methyl sites for hydroxylation is 2. The molecule has 0 radical (unpaired) electrons. The lowest BCUT2D eigenvalue weighted by molar-refractivity contribution is -0.643. The third-order valence-corrected chi connectivity index (χ3v) is 6.14. The highest BCUT2D eigenvalue weighted by Gasteiger charge is 2.50. The summed E-state index contributed by atoms with van der Waals surface area (Å²) in [6.45, 7) is 0.0426. The second-order valence-electron chi connectivity index (χ2n) is 7.86. The molecule has 126 valence electrons. The van der Waals surface area contributed by atoms with Gasteiger partial charge in [0.15, 0.2) is 5.69 Å². The van der Waals surface area contributed by atoms with Gasteiger partial charge in [0.25, 0.3) is 5.65 Å². The standard InChI is InChI=1S/C23H25N2/c1-14-9-7-10-15-16-11-8-12-17-20(16)25-18(23(4,5)22(17,2)3)13-24(6)21(25)19(14)15/h7-13H,1-6H3/q+1/i4D3,5D3. The van der Waals surface area contributed by atoms with E-state index in [1.54, 1.807) is 20.0 Å². The smallest absolute Gasteiger partial charge is 0.232 e. The molecule has 0 unspecified atom stereocenters. The van der Waals surface area contributed by atoms with Gasteiger partial charge in [-0.2, -0.15) is 4.40 Å². The summed E-state index contributed by atoms with van der Waals surface area (Å²) in [7, 11) is 1.86. The molecule has 2 aromatic heterocycles. The van der Waals surface area contributed by atoms with Gasteiger partial charge in [0, 0.05) is 35.4 Å². The third-order valence-electron chi connectivity index (χ3n) is 6.14.